The molecule has 2 aromatic rings. The van der Waals surface area contributed by atoms with Crippen LogP contribution in [0.4, 0.5) is 5.69 Å². The summed E-state index contributed by atoms with van der Waals surface area (Å²) in [5.41, 5.74) is 3.36. The van der Waals surface area contributed by atoms with Crippen LogP contribution in [0.15, 0.2) is 58.1 Å². The van der Waals surface area contributed by atoms with Crippen molar-refractivity contribution in [2.45, 2.75) is 18.9 Å². The van der Waals surface area contributed by atoms with Crippen LogP contribution in [0.25, 0.3) is 0 Å². The lowest BCUT2D eigenvalue weighted by molar-refractivity contribution is -0.123. The molecule has 188 valence electrons. The van der Waals surface area contributed by atoms with Gasteiger partial charge in [0.15, 0.2) is 6.61 Å². The fourth-order valence-corrected chi connectivity index (χ4v) is 4.49. The number of nitrogens with zero attached hydrogens (tertiary/aromatic N) is 2. The third-order valence-electron chi connectivity index (χ3n) is 4.99. The molecule has 35 heavy (non-hydrogen) atoms. The Bertz CT molecular complexity index is 1150. The summed E-state index contributed by atoms with van der Waals surface area (Å²) in [6.45, 7) is 0.689. The van der Waals surface area contributed by atoms with Crippen LogP contribution in [0.5, 0.6) is 5.75 Å². The number of carbonyl (C=O) groups is 2. The molecule has 0 saturated carbocycles. The fourth-order valence-electron chi connectivity index (χ4n) is 3.26. The van der Waals surface area contributed by atoms with Crippen LogP contribution in [-0.2, 0) is 24.3 Å². The molecule has 12 heteroatoms. The number of rotatable bonds is 11. The van der Waals surface area contributed by atoms with Gasteiger partial charge in [-0.25, -0.2) is 13.8 Å². The maximum Gasteiger partial charge on any atom is 0.260 e. The lowest BCUT2D eigenvalue weighted by Crippen LogP contribution is -2.39. The van der Waals surface area contributed by atoms with E-state index in [4.69, 9.17) is 9.47 Å². The quantitative estimate of drug-likeness (QED) is 0.316. The van der Waals surface area contributed by atoms with Crippen molar-refractivity contribution in [3.8, 4) is 5.75 Å². The fraction of sp³-hybridized carbons (Fsp3) is 0.348. The number of hydrogen-bond donors (Lipinski definition) is 2. The van der Waals surface area contributed by atoms with Crippen molar-refractivity contribution in [1.82, 2.24) is 10.7 Å². The van der Waals surface area contributed by atoms with Gasteiger partial charge in [0.2, 0.25) is 10.0 Å². The van der Waals surface area contributed by atoms with Gasteiger partial charge in [-0.05, 0) is 60.9 Å². The molecule has 3 rings (SSSR count). The Morgan fingerprint density at radius 3 is 2.66 bits per heavy atom. The normalized spacial score (nSPS) is 15.7. The van der Waals surface area contributed by atoms with Crippen LogP contribution in [-0.4, -0.2) is 65.1 Å². The second-order valence-corrected chi connectivity index (χ2v) is 10.7. The molecular weight excluding hydrogens is 540 g/mol. The van der Waals surface area contributed by atoms with Gasteiger partial charge in [0.05, 0.1) is 24.3 Å². The smallest absolute Gasteiger partial charge is 0.260 e. The lowest BCUT2D eigenvalue weighted by atomic mass is 10.2. The van der Waals surface area contributed by atoms with E-state index >= 15 is 0 Å². The topological polar surface area (TPSA) is 126 Å². The zero-order valence-corrected chi connectivity index (χ0v) is 21.5. The average Bonchev–Trinajstić information content (AvgIpc) is 3.34. The van der Waals surface area contributed by atoms with Gasteiger partial charge in [0.25, 0.3) is 11.8 Å². The lowest BCUT2D eigenvalue weighted by Gasteiger charge is -2.21. The molecule has 0 aliphatic carbocycles. The molecule has 2 amide bonds. The first kappa shape index (κ1) is 26.6. The Labute approximate surface area is 212 Å². The monoisotopic (exact) mass is 566 g/mol. The average molecular weight is 567 g/mol. The van der Waals surface area contributed by atoms with Gasteiger partial charge >= 0.3 is 0 Å². The summed E-state index contributed by atoms with van der Waals surface area (Å²) in [7, 11) is -3.68. The molecular formula is C23H27BrN4O6S. The number of carbonyl (C=O) groups excluding carboxylic acids is 2. The van der Waals surface area contributed by atoms with Crippen molar-refractivity contribution in [1.29, 1.82) is 0 Å². The highest BCUT2D eigenvalue weighted by atomic mass is 79.9. The summed E-state index contributed by atoms with van der Waals surface area (Å²) in [6.07, 6.45) is 4.49. The van der Waals surface area contributed by atoms with Crippen LogP contribution in [0.3, 0.4) is 0 Å². The van der Waals surface area contributed by atoms with E-state index in [0.717, 1.165) is 30.0 Å². The number of amides is 2. The standard InChI is InChI=1S/C23H27BrN4O6S/c1-35(31,32)28(19-5-2-4-18(24)12-19)15-22(29)27-26-13-17-7-9-20(10-8-17)34-16-23(30)25-14-21-6-3-11-33-21/h2,4-5,7-10,12-13,21H,3,6,11,14-16H2,1H3,(H,25,30)(H,27,29)/b26-13-/t21-/m1/s1. The van der Waals surface area contributed by atoms with E-state index in [9.17, 15) is 18.0 Å². The molecule has 2 aromatic carbocycles. The summed E-state index contributed by atoms with van der Waals surface area (Å²) in [4.78, 5) is 24.2. The van der Waals surface area contributed by atoms with Crippen molar-refractivity contribution < 1.29 is 27.5 Å². The molecule has 10 nitrogen and oxygen atoms in total. The van der Waals surface area contributed by atoms with Crippen LogP contribution >= 0.6 is 15.9 Å². The number of nitrogens with one attached hydrogen (secondary N) is 2. The van der Waals surface area contributed by atoms with E-state index in [-0.39, 0.29) is 18.6 Å². The zero-order valence-electron chi connectivity index (χ0n) is 19.1. The Morgan fingerprint density at radius 2 is 2.00 bits per heavy atom. The van der Waals surface area contributed by atoms with Crippen molar-refractivity contribution in [2.75, 3.05) is 36.9 Å². The highest BCUT2D eigenvalue weighted by molar-refractivity contribution is 9.10. The summed E-state index contributed by atoms with van der Waals surface area (Å²) in [6, 6.07) is 13.4. The van der Waals surface area contributed by atoms with E-state index < -0.39 is 22.5 Å². The predicted molar refractivity (Wildman–Crippen MR) is 136 cm³/mol. The van der Waals surface area contributed by atoms with Crippen LogP contribution in [0.1, 0.15) is 18.4 Å². The van der Waals surface area contributed by atoms with Crippen molar-refractivity contribution in [3.63, 3.8) is 0 Å². The molecule has 0 aromatic heterocycles. The first-order valence-electron chi connectivity index (χ1n) is 10.9. The molecule has 1 saturated heterocycles. The van der Waals surface area contributed by atoms with Gasteiger partial charge in [0, 0.05) is 17.6 Å². The number of hydrogen-bond acceptors (Lipinski definition) is 7. The maximum atomic E-state index is 12.3. The minimum absolute atomic E-state index is 0.0768. The Morgan fingerprint density at radius 1 is 1.23 bits per heavy atom. The van der Waals surface area contributed by atoms with E-state index in [1.165, 1.54) is 6.21 Å². The Hall–Kier alpha value is -2.96. The SMILES string of the molecule is CS(=O)(=O)N(CC(=O)N/N=C\c1ccc(OCC(=O)NC[C@H]2CCCO2)cc1)c1cccc(Br)c1. The van der Waals surface area contributed by atoms with Crippen LogP contribution < -0.4 is 19.8 Å². The number of ether oxygens (including phenoxy) is 2. The molecule has 0 radical (unpaired) electrons. The molecule has 0 spiro atoms. The minimum Gasteiger partial charge on any atom is -0.484 e. The van der Waals surface area contributed by atoms with Gasteiger partial charge in [-0.2, -0.15) is 5.10 Å². The first-order chi connectivity index (χ1) is 16.7. The number of hydrazone groups is 1. The van der Waals surface area contributed by atoms with Crippen molar-refractivity contribution in [2.24, 2.45) is 5.10 Å². The second-order valence-electron chi connectivity index (χ2n) is 7.84. The highest BCUT2D eigenvalue weighted by Gasteiger charge is 2.21. The zero-order chi connectivity index (χ0) is 25.3. The first-order valence-corrected chi connectivity index (χ1v) is 13.5. The molecule has 1 aliphatic rings. The molecule has 1 atom stereocenters. The van der Waals surface area contributed by atoms with Gasteiger partial charge in [0.1, 0.15) is 12.3 Å². The summed E-state index contributed by atoms with van der Waals surface area (Å²) in [5.74, 6) is -0.309. The molecule has 1 fully saturated rings. The van der Waals surface area contributed by atoms with Crippen molar-refractivity contribution in [3.05, 3.63) is 58.6 Å². The maximum absolute atomic E-state index is 12.3. The summed E-state index contributed by atoms with van der Waals surface area (Å²) >= 11 is 3.29. The minimum atomic E-state index is -3.68. The molecule has 1 aliphatic heterocycles. The number of sulfonamides is 1. The van der Waals surface area contributed by atoms with Crippen LogP contribution in [0, 0.1) is 0 Å². The summed E-state index contributed by atoms with van der Waals surface area (Å²) in [5, 5.41) is 6.67. The van der Waals surface area contributed by atoms with E-state index in [1.807, 2.05) is 0 Å². The van der Waals surface area contributed by atoms with Gasteiger partial charge in [-0.1, -0.05) is 22.0 Å². The van der Waals surface area contributed by atoms with Gasteiger partial charge < -0.3 is 14.8 Å². The van der Waals surface area contributed by atoms with E-state index in [0.29, 0.717) is 28.0 Å². The number of benzene rings is 2. The van der Waals surface area contributed by atoms with Crippen molar-refractivity contribution >= 4 is 49.7 Å². The number of halogens is 1. The molecule has 2 N–H and O–H groups in total. The third-order valence-corrected chi connectivity index (χ3v) is 6.62. The molecule has 0 bridgehead atoms. The Kier molecular flexibility index (Phi) is 9.64. The number of anilines is 1. The van der Waals surface area contributed by atoms with Gasteiger partial charge in [-0.15, -0.1) is 0 Å². The largest absolute Gasteiger partial charge is 0.484 e. The Balaban J connectivity index is 1.45. The third kappa shape index (κ3) is 8.96. The van der Waals surface area contributed by atoms with Gasteiger partial charge in [-0.3, -0.25) is 13.9 Å². The van der Waals surface area contributed by atoms with E-state index in [2.05, 4.69) is 31.8 Å². The van der Waals surface area contributed by atoms with Crippen LogP contribution in [0.2, 0.25) is 0 Å². The van der Waals surface area contributed by atoms with E-state index in [1.54, 1.807) is 48.5 Å². The predicted octanol–water partition coefficient (Wildman–Crippen LogP) is 2.04. The highest BCUT2D eigenvalue weighted by Crippen LogP contribution is 2.21. The summed E-state index contributed by atoms with van der Waals surface area (Å²) < 4.78 is 36.9. The second kappa shape index (κ2) is 12.7. The molecule has 1 heterocycles. The molecule has 0 unspecified atom stereocenters.